The van der Waals surface area contributed by atoms with E-state index in [1.165, 1.54) is 0 Å². The summed E-state index contributed by atoms with van der Waals surface area (Å²) in [5, 5.41) is 0. The van der Waals surface area contributed by atoms with Crippen LogP contribution in [0.3, 0.4) is 0 Å². The minimum atomic E-state index is -2.68. The Morgan fingerprint density at radius 2 is 1.61 bits per heavy atom. The average Bonchev–Trinajstić information content (AvgIpc) is 2.67. The molecule has 0 saturated carbocycles. The van der Waals surface area contributed by atoms with Crippen molar-refractivity contribution in [1.82, 2.24) is 4.90 Å². The first-order valence-corrected chi connectivity index (χ1v) is 6.11. The smallest absolute Gasteiger partial charge is 0.410 e. The lowest BCUT2D eigenvalue weighted by Crippen LogP contribution is -2.34. The Bertz CT molecular complexity index is 254. The van der Waals surface area contributed by atoms with Gasteiger partial charge < -0.3 is 15.4 Å². The van der Waals surface area contributed by atoms with Crippen LogP contribution in [-0.4, -0.2) is 42.2 Å². The maximum Gasteiger partial charge on any atom is 0.410 e. The zero-order chi connectivity index (χ0) is 14.4. The van der Waals surface area contributed by atoms with Gasteiger partial charge in [-0.15, -0.1) is 0 Å². The Labute approximate surface area is 107 Å². The number of carbonyl (C=O) groups is 1. The van der Waals surface area contributed by atoms with E-state index in [-0.39, 0.29) is 11.7 Å². The summed E-state index contributed by atoms with van der Waals surface area (Å²) in [5.41, 5.74) is 4.19. The second-order valence-electron chi connectivity index (χ2n) is 5.45. The highest BCUT2D eigenvalue weighted by atomic mass is 19.3. The van der Waals surface area contributed by atoms with Crippen LogP contribution >= 0.6 is 0 Å². The molecule has 4 nitrogen and oxygen atoms in total. The lowest BCUT2D eigenvalue weighted by molar-refractivity contribution is 0.0292. The number of carbonyl (C=O) groups excluding carboxylic acids is 1. The Hall–Kier alpha value is -0.910. The Morgan fingerprint density at radius 1 is 1.22 bits per heavy atom. The molecule has 1 fully saturated rings. The van der Waals surface area contributed by atoms with Crippen LogP contribution in [0.5, 0.6) is 0 Å². The molecule has 18 heavy (non-hydrogen) atoms. The van der Waals surface area contributed by atoms with Crippen molar-refractivity contribution in [3.63, 3.8) is 0 Å². The highest BCUT2D eigenvalue weighted by Gasteiger charge is 2.23. The summed E-state index contributed by atoms with van der Waals surface area (Å²) < 4.78 is 27.9. The number of ether oxygens (including phenoxy) is 1. The molecule has 1 aliphatic heterocycles. The standard InChI is InChI=1S/C9H17NO2.C3H7F2N/c1-9(2,3)12-8(11)10-6-4-5-7-10;1-3(4,5)2-6/h4-7H2,1-3H3;2,6H2,1H3. The van der Waals surface area contributed by atoms with E-state index in [9.17, 15) is 13.6 Å². The van der Waals surface area contributed by atoms with E-state index in [1.807, 2.05) is 20.8 Å². The van der Waals surface area contributed by atoms with Gasteiger partial charge in [0.2, 0.25) is 0 Å². The van der Waals surface area contributed by atoms with Gasteiger partial charge in [0.25, 0.3) is 5.92 Å². The van der Waals surface area contributed by atoms with E-state index < -0.39 is 12.5 Å². The zero-order valence-electron chi connectivity index (χ0n) is 11.6. The Balaban J connectivity index is 0.000000411. The minimum Gasteiger partial charge on any atom is -0.444 e. The van der Waals surface area contributed by atoms with Gasteiger partial charge >= 0.3 is 6.09 Å². The van der Waals surface area contributed by atoms with Crippen molar-refractivity contribution in [3.8, 4) is 0 Å². The number of amides is 1. The van der Waals surface area contributed by atoms with Crippen molar-refractivity contribution >= 4 is 6.09 Å². The van der Waals surface area contributed by atoms with Crippen LogP contribution in [-0.2, 0) is 4.74 Å². The molecule has 108 valence electrons. The molecule has 1 heterocycles. The van der Waals surface area contributed by atoms with Gasteiger partial charge in [-0.1, -0.05) is 0 Å². The number of nitrogens with two attached hydrogens (primary N) is 1. The van der Waals surface area contributed by atoms with Crippen molar-refractivity contribution in [2.24, 2.45) is 5.73 Å². The van der Waals surface area contributed by atoms with Crippen LogP contribution < -0.4 is 5.73 Å². The molecule has 0 aromatic rings. The number of hydrogen-bond donors (Lipinski definition) is 1. The molecule has 0 unspecified atom stereocenters. The molecule has 1 amide bonds. The second-order valence-corrected chi connectivity index (χ2v) is 5.45. The summed E-state index contributed by atoms with van der Waals surface area (Å²) in [6.07, 6.45) is 2.05. The summed E-state index contributed by atoms with van der Waals surface area (Å²) in [6.45, 7) is 7.60. The largest absolute Gasteiger partial charge is 0.444 e. The summed E-state index contributed by atoms with van der Waals surface area (Å²) in [5.74, 6) is -2.68. The van der Waals surface area contributed by atoms with Crippen LogP contribution in [0.15, 0.2) is 0 Å². The first-order valence-electron chi connectivity index (χ1n) is 6.11. The first kappa shape index (κ1) is 17.1. The highest BCUT2D eigenvalue weighted by Crippen LogP contribution is 2.14. The number of hydrogen-bond acceptors (Lipinski definition) is 3. The lowest BCUT2D eigenvalue weighted by atomic mass is 10.2. The number of halogens is 2. The van der Waals surface area contributed by atoms with Crippen molar-refractivity contribution in [2.45, 2.75) is 52.1 Å². The molecule has 1 aliphatic rings. The van der Waals surface area contributed by atoms with Crippen molar-refractivity contribution in [2.75, 3.05) is 19.6 Å². The van der Waals surface area contributed by atoms with Gasteiger partial charge in [0, 0.05) is 20.0 Å². The minimum absolute atomic E-state index is 0.167. The van der Waals surface area contributed by atoms with Crippen molar-refractivity contribution < 1.29 is 18.3 Å². The fourth-order valence-electron chi connectivity index (χ4n) is 1.23. The molecular weight excluding hydrogens is 242 g/mol. The summed E-state index contributed by atoms with van der Waals surface area (Å²) in [4.78, 5) is 13.1. The monoisotopic (exact) mass is 266 g/mol. The van der Waals surface area contributed by atoms with E-state index in [1.54, 1.807) is 4.90 Å². The topological polar surface area (TPSA) is 55.6 Å². The summed E-state index contributed by atoms with van der Waals surface area (Å²) >= 11 is 0. The predicted molar refractivity (Wildman–Crippen MR) is 66.7 cm³/mol. The molecule has 0 spiro atoms. The number of nitrogens with zero attached hydrogens (tertiary/aromatic N) is 1. The second kappa shape index (κ2) is 6.87. The normalized spacial score (nSPS) is 16.1. The van der Waals surface area contributed by atoms with E-state index >= 15 is 0 Å². The van der Waals surface area contributed by atoms with Gasteiger partial charge in [-0.2, -0.15) is 0 Å². The molecule has 0 radical (unpaired) electrons. The van der Waals surface area contributed by atoms with Crippen molar-refractivity contribution in [3.05, 3.63) is 0 Å². The van der Waals surface area contributed by atoms with E-state index in [4.69, 9.17) is 4.74 Å². The third kappa shape index (κ3) is 9.15. The average molecular weight is 266 g/mol. The maximum absolute atomic E-state index is 11.4. The first-order chi connectivity index (χ1) is 8.05. The fourth-order valence-corrected chi connectivity index (χ4v) is 1.23. The number of alkyl halides is 2. The zero-order valence-corrected chi connectivity index (χ0v) is 11.6. The number of rotatable bonds is 1. The molecule has 1 saturated heterocycles. The van der Waals surface area contributed by atoms with E-state index in [2.05, 4.69) is 5.73 Å². The predicted octanol–water partition coefficient (Wildman–Crippen LogP) is 2.62. The van der Waals surface area contributed by atoms with Gasteiger partial charge in [-0.05, 0) is 33.6 Å². The molecule has 0 aromatic heterocycles. The highest BCUT2D eigenvalue weighted by molar-refractivity contribution is 5.68. The molecule has 0 atom stereocenters. The van der Waals surface area contributed by atoms with E-state index in [0.29, 0.717) is 0 Å². The Kier molecular flexibility index (Phi) is 6.52. The van der Waals surface area contributed by atoms with Crippen LogP contribution in [0, 0.1) is 0 Å². The van der Waals surface area contributed by atoms with Gasteiger partial charge in [0.05, 0.1) is 6.54 Å². The van der Waals surface area contributed by atoms with Crippen LogP contribution in [0.2, 0.25) is 0 Å². The van der Waals surface area contributed by atoms with Crippen molar-refractivity contribution in [1.29, 1.82) is 0 Å². The third-order valence-corrected chi connectivity index (χ3v) is 2.12. The third-order valence-electron chi connectivity index (χ3n) is 2.12. The van der Waals surface area contributed by atoms with Crippen LogP contribution in [0.25, 0.3) is 0 Å². The van der Waals surface area contributed by atoms with Gasteiger partial charge in [0.1, 0.15) is 5.60 Å². The molecule has 0 aliphatic carbocycles. The molecule has 6 heteroatoms. The summed E-state index contributed by atoms with van der Waals surface area (Å²) in [6, 6.07) is 0. The molecular formula is C12H24F2N2O2. The molecule has 1 rings (SSSR count). The molecule has 2 N–H and O–H groups in total. The van der Waals surface area contributed by atoms with Crippen LogP contribution in [0.1, 0.15) is 40.5 Å². The number of likely N-dealkylation sites (tertiary alicyclic amines) is 1. The van der Waals surface area contributed by atoms with Gasteiger partial charge in [-0.3, -0.25) is 0 Å². The quantitative estimate of drug-likeness (QED) is 0.793. The lowest BCUT2D eigenvalue weighted by Gasteiger charge is -2.23. The summed E-state index contributed by atoms with van der Waals surface area (Å²) in [7, 11) is 0. The maximum atomic E-state index is 11.4. The van der Waals surface area contributed by atoms with E-state index in [0.717, 1.165) is 32.9 Å². The molecule has 0 bridgehead atoms. The van der Waals surface area contributed by atoms with Gasteiger partial charge in [0.15, 0.2) is 0 Å². The van der Waals surface area contributed by atoms with Gasteiger partial charge in [-0.25, -0.2) is 13.6 Å². The SMILES string of the molecule is CC(C)(C)OC(=O)N1CCCC1.CC(F)(F)CN. The molecule has 0 aromatic carbocycles. The fraction of sp³-hybridized carbons (Fsp3) is 0.917. The Morgan fingerprint density at radius 3 is 1.89 bits per heavy atom. The van der Waals surface area contributed by atoms with Crippen LogP contribution in [0.4, 0.5) is 13.6 Å².